The van der Waals surface area contributed by atoms with E-state index in [1.807, 2.05) is 19.1 Å². The molecule has 5 nitrogen and oxygen atoms in total. The smallest absolute Gasteiger partial charge is 0.356 e. The van der Waals surface area contributed by atoms with Gasteiger partial charge in [0, 0.05) is 11.3 Å². The highest BCUT2D eigenvalue weighted by molar-refractivity contribution is 5.91. The summed E-state index contributed by atoms with van der Waals surface area (Å²) in [4.78, 5) is 21.9. The summed E-state index contributed by atoms with van der Waals surface area (Å²) in [7, 11) is 0. The number of nitrogens with zero attached hydrogens (tertiary/aromatic N) is 1. The van der Waals surface area contributed by atoms with Gasteiger partial charge < -0.3 is 14.4 Å². The van der Waals surface area contributed by atoms with E-state index in [0.717, 1.165) is 17.7 Å². The number of hydrogen-bond donors (Lipinski definition) is 1. The van der Waals surface area contributed by atoms with Crippen LogP contribution in [0.25, 0.3) is 0 Å². The molecule has 96 valence electrons. The number of carboxylic acid groups (broad SMARTS) is 1. The summed E-state index contributed by atoms with van der Waals surface area (Å²) < 4.78 is 6.63. The highest BCUT2D eigenvalue weighted by atomic mass is 16.5. The average molecular weight is 249 g/mol. The molecule has 1 heterocycles. The monoisotopic (exact) mass is 249 g/mol. The molecule has 0 saturated carbocycles. The van der Waals surface area contributed by atoms with Gasteiger partial charge in [-0.2, -0.15) is 0 Å². The molecule has 5 heteroatoms. The minimum absolute atomic E-state index is 0.0498. The van der Waals surface area contributed by atoms with Gasteiger partial charge in [-0.05, 0) is 19.8 Å². The lowest BCUT2D eigenvalue weighted by Crippen LogP contribution is -2.19. The van der Waals surface area contributed by atoms with Crippen LogP contribution in [0.4, 0.5) is 0 Å². The predicted octanol–water partition coefficient (Wildman–Crippen LogP) is 2.09. The van der Waals surface area contributed by atoms with E-state index in [1.54, 1.807) is 11.5 Å². The summed E-state index contributed by atoms with van der Waals surface area (Å²) in [5, 5.41) is 9.33. The third-order valence-electron chi connectivity index (χ3n) is 3.29. The van der Waals surface area contributed by atoms with Crippen LogP contribution in [0.1, 0.15) is 41.1 Å². The van der Waals surface area contributed by atoms with Gasteiger partial charge in [0.25, 0.3) is 6.47 Å². The van der Waals surface area contributed by atoms with E-state index in [9.17, 15) is 14.7 Å². The lowest BCUT2D eigenvalue weighted by molar-refractivity contribution is -0.120. The minimum Gasteiger partial charge on any atom is -0.476 e. The van der Waals surface area contributed by atoms with E-state index in [2.05, 4.69) is 0 Å². The highest BCUT2D eigenvalue weighted by Crippen LogP contribution is 2.37. The SMILES string of the molecule is CCc1c(C)c(OC=O)c(C(=O)O)n1C1C=CC1. The van der Waals surface area contributed by atoms with Crippen molar-refractivity contribution in [2.75, 3.05) is 0 Å². The number of aromatic nitrogens is 1. The van der Waals surface area contributed by atoms with Gasteiger partial charge in [0.2, 0.25) is 0 Å². The van der Waals surface area contributed by atoms with Crippen molar-refractivity contribution >= 4 is 12.4 Å². The first kappa shape index (κ1) is 12.4. The standard InChI is InChI=1S/C13H15NO4/c1-3-10-8(2)12(18-7-15)11(13(16)17)14(10)9-5-4-6-9/h4-5,7,9H,3,6H2,1-2H3,(H,16,17). The fourth-order valence-electron chi connectivity index (χ4n) is 2.38. The number of rotatable bonds is 5. The van der Waals surface area contributed by atoms with Crippen molar-refractivity contribution in [1.82, 2.24) is 4.57 Å². The lowest BCUT2D eigenvalue weighted by Gasteiger charge is -2.24. The van der Waals surface area contributed by atoms with Crippen LogP contribution in [0, 0.1) is 6.92 Å². The quantitative estimate of drug-likeness (QED) is 0.641. The van der Waals surface area contributed by atoms with Crippen molar-refractivity contribution in [2.24, 2.45) is 0 Å². The van der Waals surface area contributed by atoms with Crippen LogP contribution in [-0.4, -0.2) is 22.1 Å². The highest BCUT2D eigenvalue weighted by Gasteiger charge is 2.29. The number of aromatic carboxylic acids is 1. The molecule has 2 rings (SSSR count). The Morgan fingerprint density at radius 3 is 2.72 bits per heavy atom. The molecule has 0 aliphatic heterocycles. The van der Waals surface area contributed by atoms with Crippen LogP contribution >= 0.6 is 0 Å². The second kappa shape index (κ2) is 4.68. The Hall–Kier alpha value is -2.04. The van der Waals surface area contributed by atoms with Gasteiger partial charge in [-0.15, -0.1) is 0 Å². The summed E-state index contributed by atoms with van der Waals surface area (Å²) in [6.45, 7) is 4.01. The van der Waals surface area contributed by atoms with Gasteiger partial charge in [-0.1, -0.05) is 19.1 Å². The van der Waals surface area contributed by atoms with Crippen molar-refractivity contribution in [1.29, 1.82) is 0 Å². The molecule has 1 aromatic heterocycles. The number of ether oxygens (including phenoxy) is 1. The van der Waals surface area contributed by atoms with Gasteiger partial charge in [0.1, 0.15) is 0 Å². The molecule has 0 radical (unpaired) electrons. The molecule has 0 spiro atoms. The maximum atomic E-state index is 11.4. The molecule has 18 heavy (non-hydrogen) atoms. The van der Waals surface area contributed by atoms with E-state index < -0.39 is 5.97 Å². The summed E-state index contributed by atoms with van der Waals surface area (Å²) in [6.07, 6.45) is 5.45. The molecular formula is C13H15NO4. The molecular weight excluding hydrogens is 234 g/mol. The Kier molecular flexibility index (Phi) is 3.23. The molecule has 1 aromatic rings. The average Bonchev–Trinajstić information content (AvgIpc) is 2.51. The third kappa shape index (κ3) is 1.72. The largest absolute Gasteiger partial charge is 0.476 e. The predicted molar refractivity (Wildman–Crippen MR) is 65.0 cm³/mol. The molecule has 0 saturated heterocycles. The summed E-state index contributed by atoms with van der Waals surface area (Å²) in [5.74, 6) is -0.912. The lowest BCUT2D eigenvalue weighted by atomic mass is 10.0. The number of allylic oxidation sites excluding steroid dienone is 2. The van der Waals surface area contributed by atoms with Crippen LogP contribution < -0.4 is 4.74 Å². The molecule has 0 fully saturated rings. The summed E-state index contributed by atoms with van der Waals surface area (Å²) in [5.41, 5.74) is 1.69. The molecule has 0 aromatic carbocycles. The summed E-state index contributed by atoms with van der Waals surface area (Å²) >= 11 is 0. The number of carboxylic acids is 1. The fraction of sp³-hybridized carbons (Fsp3) is 0.385. The molecule has 1 atom stereocenters. The molecule has 1 aliphatic carbocycles. The van der Waals surface area contributed by atoms with E-state index in [0.29, 0.717) is 6.42 Å². The van der Waals surface area contributed by atoms with Crippen LogP contribution in [-0.2, 0) is 11.2 Å². The molecule has 1 aliphatic rings. The zero-order valence-electron chi connectivity index (χ0n) is 10.3. The molecule has 0 bridgehead atoms. The number of hydrogen-bond acceptors (Lipinski definition) is 3. The van der Waals surface area contributed by atoms with Gasteiger partial charge >= 0.3 is 5.97 Å². The van der Waals surface area contributed by atoms with Crippen molar-refractivity contribution < 1.29 is 19.4 Å². The zero-order valence-corrected chi connectivity index (χ0v) is 10.3. The first-order valence-electron chi connectivity index (χ1n) is 5.85. The van der Waals surface area contributed by atoms with Gasteiger partial charge in [0.15, 0.2) is 11.4 Å². The maximum Gasteiger partial charge on any atom is 0.356 e. The minimum atomic E-state index is -1.07. The molecule has 0 amide bonds. The van der Waals surface area contributed by atoms with Crippen molar-refractivity contribution in [3.63, 3.8) is 0 Å². The van der Waals surface area contributed by atoms with Crippen molar-refractivity contribution in [3.8, 4) is 5.75 Å². The van der Waals surface area contributed by atoms with Crippen molar-refractivity contribution in [3.05, 3.63) is 29.1 Å². The van der Waals surface area contributed by atoms with E-state index in [4.69, 9.17) is 4.74 Å². The van der Waals surface area contributed by atoms with E-state index >= 15 is 0 Å². The van der Waals surface area contributed by atoms with Crippen LogP contribution in [0.3, 0.4) is 0 Å². The van der Waals surface area contributed by atoms with Crippen LogP contribution in [0.5, 0.6) is 5.75 Å². The topological polar surface area (TPSA) is 68.5 Å². The Balaban J connectivity index is 2.67. The Morgan fingerprint density at radius 2 is 2.33 bits per heavy atom. The van der Waals surface area contributed by atoms with E-state index in [1.165, 1.54) is 0 Å². The number of carbonyl (C=O) groups excluding carboxylic acids is 1. The Morgan fingerprint density at radius 1 is 1.67 bits per heavy atom. The van der Waals surface area contributed by atoms with Gasteiger partial charge in [-0.25, -0.2) is 4.79 Å². The Labute approximate surface area is 105 Å². The first-order valence-corrected chi connectivity index (χ1v) is 5.85. The zero-order chi connectivity index (χ0) is 13.3. The normalized spacial score (nSPS) is 17.3. The number of carbonyl (C=O) groups is 2. The first-order chi connectivity index (χ1) is 8.61. The molecule has 1 unspecified atom stereocenters. The van der Waals surface area contributed by atoms with Gasteiger partial charge in [0.05, 0.1) is 6.04 Å². The second-order valence-electron chi connectivity index (χ2n) is 4.22. The van der Waals surface area contributed by atoms with E-state index in [-0.39, 0.29) is 24.0 Å². The van der Waals surface area contributed by atoms with Crippen LogP contribution in [0.2, 0.25) is 0 Å². The van der Waals surface area contributed by atoms with Crippen molar-refractivity contribution in [2.45, 2.75) is 32.7 Å². The Bertz CT molecular complexity index is 528. The summed E-state index contributed by atoms with van der Waals surface area (Å²) in [6, 6.07) is 0.0498. The molecule has 1 N–H and O–H groups in total. The second-order valence-corrected chi connectivity index (χ2v) is 4.22. The van der Waals surface area contributed by atoms with Gasteiger partial charge in [-0.3, -0.25) is 4.79 Å². The third-order valence-corrected chi connectivity index (χ3v) is 3.29. The van der Waals surface area contributed by atoms with Crippen LogP contribution in [0.15, 0.2) is 12.2 Å². The maximum absolute atomic E-state index is 11.4. The fourth-order valence-corrected chi connectivity index (χ4v) is 2.38.